The van der Waals surface area contributed by atoms with Crippen molar-refractivity contribution in [3.8, 4) is 0 Å². The zero-order valence-corrected chi connectivity index (χ0v) is 11.2. The van der Waals surface area contributed by atoms with E-state index in [-0.39, 0.29) is 0 Å². The second kappa shape index (κ2) is 4.84. The molecule has 0 amide bonds. The van der Waals surface area contributed by atoms with Crippen molar-refractivity contribution in [3.63, 3.8) is 0 Å². The zero-order chi connectivity index (χ0) is 11.6. The van der Waals surface area contributed by atoms with Crippen LogP contribution in [-0.4, -0.2) is 10.8 Å². The lowest BCUT2D eigenvalue weighted by Crippen LogP contribution is -2.14. The summed E-state index contributed by atoms with van der Waals surface area (Å²) in [6, 6.07) is 4.94. The van der Waals surface area contributed by atoms with Crippen molar-refractivity contribution < 1.29 is 4.42 Å². The molecule has 0 bridgehead atoms. The molecule has 0 saturated heterocycles. The van der Waals surface area contributed by atoms with E-state index in [0.29, 0.717) is 4.75 Å². The minimum atomic E-state index is 0.305. The molecule has 0 atom stereocenters. The molecule has 1 heterocycles. The number of rotatable bonds is 5. The fraction of sp³-hybridized carbons (Fsp3) is 0.692. The van der Waals surface area contributed by atoms with Gasteiger partial charge in [-0.15, -0.1) is 11.8 Å². The Kier molecular flexibility index (Phi) is 3.65. The first kappa shape index (κ1) is 12.1. The van der Waals surface area contributed by atoms with E-state index >= 15 is 0 Å². The summed E-state index contributed by atoms with van der Waals surface area (Å²) >= 11 is 1.92. The van der Waals surface area contributed by atoms with E-state index in [1.54, 1.807) is 0 Å². The van der Waals surface area contributed by atoms with Crippen LogP contribution in [0.25, 0.3) is 0 Å². The Balaban J connectivity index is 1.77. The van der Waals surface area contributed by atoms with Crippen LogP contribution in [0.5, 0.6) is 0 Å². The van der Waals surface area contributed by atoms with Crippen molar-refractivity contribution in [2.24, 2.45) is 0 Å². The van der Waals surface area contributed by atoms with Crippen molar-refractivity contribution in [2.75, 3.05) is 0 Å². The summed E-state index contributed by atoms with van der Waals surface area (Å²) < 4.78 is 6.08. The van der Waals surface area contributed by atoms with Gasteiger partial charge >= 0.3 is 0 Å². The molecule has 0 aromatic carbocycles. The highest BCUT2D eigenvalue weighted by molar-refractivity contribution is 7.99. The van der Waals surface area contributed by atoms with Gasteiger partial charge in [-0.05, 0) is 25.0 Å². The Morgan fingerprint density at radius 2 is 2.00 bits per heavy atom. The van der Waals surface area contributed by atoms with E-state index in [1.807, 2.05) is 11.8 Å². The first-order valence-electron chi connectivity index (χ1n) is 5.98. The second-order valence-electron chi connectivity index (χ2n) is 5.42. The standard InChI is InChI=1S/C13H21NOS/c1-13(2,3)16-9-12-7-6-11(15-12)8-14-10-4-5-10/h6-7,10,14H,4-5,8-9H2,1-3H3. The zero-order valence-electron chi connectivity index (χ0n) is 10.4. The Hall–Kier alpha value is -0.410. The quantitative estimate of drug-likeness (QED) is 0.850. The highest BCUT2D eigenvalue weighted by atomic mass is 32.2. The van der Waals surface area contributed by atoms with E-state index in [2.05, 4.69) is 38.2 Å². The number of nitrogens with one attached hydrogen (secondary N) is 1. The van der Waals surface area contributed by atoms with Gasteiger partial charge in [0.25, 0.3) is 0 Å². The monoisotopic (exact) mass is 239 g/mol. The van der Waals surface area contributed by atoms with E-state index in [0.717, 1.165) is 29.9 Å². The van der Waals surface area contributed by atoms with Gasteiger partial charge in [-0.1, -0.05) is 20.8 Å². The van der Waals surface area contributed by atoms with E-state index in [9.17, 15) is 0 Å². The molecule has 1 aliphatic rings. The van der Waals surface area contributed by atoms with Crippen LogP contribution in [0.4, 0.5) is 0 Å². The van der Waals surface area contributed by atoms with E-state index < -0.39 is 0 Å². The third kappa shape index (κ3) is 4.22. The maximum absolute atomic E-state index is 5.77. The molecule has 0 aliphatic heterocycles. The molecule has 1 aromatic heterocycles. The summed E-state index contributed by atoms with van der Waals surface area (Å²) in [6.07, 6.45) is 2.65. The van der Waals surface area contributed by atoms with Gasteiger partial charge in [-0.25, -0.2) is 0 Å². The van der Waals surface area contributed by atoms with Gasteiger partial charge in [-0.3, -0.25) is 0 Å². The Bertz CT molecular complexity index is 336. The van der Waals surface area contributed by atoms with Gasteiger partial charge in [0.15, 0.2) is 0 Å². The minimum absolute atomic E-state index is 0.305. The van der Waals surface area contributed by atoms with Crippen LogP contribution >= 0.6 is 11.8 Å². The molecular formula is C13H21NOS. The van der Waals surface area contributed by atoms with Crippen molar-refractivity contribution in [1.29, 1.82) is 0 Å². The number of hydrogen-bond acceptors (Lipinski definition) is 3. The van der Waals surface area contributed by atoms with Gasteiger partial charge in [0.1, 0.15) is 11.5 Å². The summed E-state index contributed by atoms with van der Waals surface area (Å²) in [5.74, 6) is 3.12. The molecule has 1 saturated carbocycles. The third-order valence-electron chi connectivity index (χ3n) is 2.51. The van der Waals surface area contributed by atoms with Crippen LogP contribution in [0.1, 0.15) is 45.1 Å². The largest absolute Gasteiger partial charge is 0.464 e. The molecule has 1 aromatic rings. The summed E-state index contributed by atoms with van der Waals surface area (Å²) in [5.41, 5.74) is 0. The molecule has 16 heavy (non-hydrogen) atoms. The van der Waals surface area contributed by atoms with Crippen molar-refractivity contribution >= 4 is 11.8 Å². The highest BCUT2D eigenvalue weighted by Gasteiger charge is 2.20. The van der Waals surface area contributed by atoms with Crippen molar-refractivity contribution in [3.05, 3.63) is 23.7 Å². The lowest BCUT2D eigenvalue weighted by molar-refractivity contribution is 0.458. The lowest BCUT2D eigenvalue weighted by Gasteiger charge is -2.16. The maximum atomic E-state index is 5.77. The molecule has 0 radical (unpaired) electrons. The molecular weight excluding hydrogens is 218 g/mol. The highest BCUT2D eigenvalue weighted by Crippen LogP contribution is 2.28. The predicted molar refractivity (Wildman–Crippen MR) is 69.6 cm³/mol. The van der Waals surface area contributed by atoms with Crippen LogP contribution in [0.3, 0.4) is 0 Å². The molecule has 90 valence electrons. The van der Waals surface area contributed by atoms with Gasteiger partial charge in [0.2, 0.25) is 0 Å². The van der Waals surface area contributed by atoms with Crippen LogP contribution < -0.4 is 5.32 Å². The average Bonchev–Trinajstić information content (AvgIpc) is 2.91. The summed E-state index contributed by atoms with van der Waals surface area (Å²) in [4.78, 5) is 0. The molecule has 0 spiro atoms. The molecule has 0 unspecified atom stereocenters. The topological polar surface area (TPSA) is 25.2 Å². The van der Waals surface area contributed by atoms with E-state index in [4.69, 9.17) is 4.42 Å². The fourth-order valence-corrected chi connectivity index (χ4v) is 2.15. The van der Waals surface area contributed by atoms with Gasteiger partial charge in [-0.2, -0.15) is 0 Å². The van der Waals surface area contributed by atoms with Gasteiger partial charge in [0.05, 0.1) is 12.3 Å². The Morgan fingerprint density at radius 3 is 2.62 bits per heavy atom. The molecule has 3 heteroatoms. The summed E-state index contributed by atoms with van der Waals surface area (Å²) in [6.45, 7) is 7.58. The molecule has 1 aliphatic carbocycles. The number of hydrogen-bond donors (Lipinski definition) is 1. The summed E-state index contributed by atoms with van der Waals surface area (Å²) in [5, 5.41) is 3.46. The number of furan rings is 1. The van der Waals surface area contributed by atoms with Crippen molar-refractivity contribution in [1.82, 2.24) is 5.32 Å². The van der Waals surface area contributed by atoms with Crippen molar-refractivity contribution in [2.45, 2.75) is 56.7 Å². The summed E-state index contributed by atoms with van der Waals surface area (Å²) in [7, 11) is 0. The van der Waals surface area contributed by atoms with Gasteiger partial charge in [0, 0.05) is 10.8 Å². The first-order chi connectivity index (χ1) is 7.53. The Labute approximate surface area is 102 Å². The normalized spacial score (nSPS) is 16.7. The predicted octanol–water partition coefficient (Wildman–Crippen LogP) is 3.56. The van der Waals surface area contributed by atoms with Crippen LogP contribution in [0.15, 0.2) is 16.5 Å². The van der Waals surface area contributed by atoms with Gasteiger partial charge < -0.3 is 9.73 Å². The Morgan fingerprint density at radius 1 is 1.31 bits per heavy atom. The molecule has 1 N–H and O–H groups in total. The number of thioether (sulfide) groups is 1. The molecule has 2 rings (SSSR count). The molecule has 2 nitrogen and oxygen atoms in total. The van der Waals surface area contributed by atoms with Crippen LogP contribution in [0, 0.1) is 0 Å². The second-order valence-corrected chi connectivity index (χ2v) is 7.23. The average molecular weight is 239 g/mol. The molecule has 1 fully saturated rings. The lowest BCUT2D eigenvalue weighted by atomic mass is 10.3. The fourth-order valence-electron chi connectivity index (χ4n) is 1.41. The maximum Gasteiger partial charge on any atom is 0.118 e. The smallest absolute Gasteiger partial charge is 0.118 e. The van der Waals surface area contributed by atoms with Crippen LogP contribution in [-0.2, 0) is 12.3 Å². The van der Waals surface area contributed by atoms with E-state index in [1.165, 1.54) is 12.8 Å². The third-order valence-corrected chi connectivity index (χ3v) is 3.80. The SMILES string of the molecule is CC(C)(C)SCc1ccc(CNC2CC2)o1. The van der Waals surface area contributed by atoms with Crippen LogP contribution in [0.2, 0.25) is 0 Å². The minimum Gasteiger partial charge on any atom is -0.464 e. The first-order valence-corrected chi connectivity index (χ1v) is 6.96.